The molecule has 1 fully saturated rings. The van der Waals surface area contributed by atoms with Gasteiger partial charge in [-0.25, -0.2) is 0 Å². The Bertz CT molecular complexity index is 786. The van der Waals surface area contributed by atoms with Crippen molar-refractivity contribution >= 4 is 23.0 Å². The molecular weight excluding hydrogens is 338 g/mol. The van der Waals surface area contributed by atoms with Gasteiger partial charge in [0.1, 0.15) is 5.02 Å². The summed E-state index contributed by atoms with van der Waals surface area (Å²) in [7, 11) is 0. The average molecular weight is 360 g/mol. The maximum atomic E-state index is 11.0. The Kier molecular flexibility index (Phi) is 5.25. The van der Waals surface area contributed by atoms with Crippen LogP contribution in [0.3, 0.4) is 0 Å². The highest BCUT2D eigenvalue weighted by atomic mass is 35.5. The van der Waals surface area contributed by atoms with E-state index in [2.05, 4.69) is 41.8 Å². The molecule has 0 aromatic heterocycles. The fourth-order valence-corrected chi connectivity index (χ4v) is 3.47. The molecule has 0 N–H and O–H groups in total. The molecule has 0 aliphatic carbocycles. The van der Waals surface area contributed by atoms with Gasteiger partial charge in [-0.1, -0.05) is 29.8 Å². The average Bonchev–Trinajstić information content (AvgIpc) is 2.60. The standard InChI is InChI=1S/C19H22ClN3O2/c1-14-4-3-5-18(15(14)2)22-10-8-21(9-11-22)13-16-6-7-17(20)19(12-16)23(24)25/h3-7,12H,8-11,13H2,1-2H3. The van der Waals surface area contributed by atoms with E-state index in [9.17, 15) is 10.1 Å². The third-order valence-electron chi connectivity index (χ3n) is 4.90. The summed E-state index contributed by atoms with van der Waals surface area (Å²) in [5.41, 5.74) is 4.86. The fourth-order valence-electron chi connectivity index (χ4n) is 3.28. The summed E-state index contributed by atoms with van der Waals surface area (Å²) in [5, 5.41) is 11.2. The highest BCUT2D eigenvalue weighted by molar-refractivity contribution is 6.32. The van der Waals surface area contributed by atoms with E-state index in [0.29, 0.717) is 6.54 Å². The van der Waals surface area contributed by atoms with E-state index >= 15 is 0 Å². The van der Waals surface area contributed by atoms with Gasteiger partial charge < -0.3 is 4.90 Å². The molecule has 0 unspecified atom stereocenters. The number of piperazine rings is 1. The molecule has 5 nitrogen and oxygen atoms in total. The second-order valence-corrected chi connectivity index (χ2v) is 6.93. The lowest BCUT2D eigenvalue weighted by atomic mass is 10.1. The number of nitrogens with zero attached hydrogens (tertiary/aromatic N) is 3. The Hall–Kier alpha value is -2.11. The molecule has 0 amide bonds. The van der Waals surface area contributed by atoms with E-state index in [1.54, 1.807) is 12.1 Å². The van der Waals surface area contributed by atoms with Gasteiger partial charge in [-0.05, 0) is 42.7 Å². The largest absolute Gasteiger partial charge is 0.369 e. The molecule has 0 radical (unpaired) electrons. The van der Waals surface area contributed by atoms with Gasteiger partial charge in [-0.3, -0.25) is 15.0 Å². The van der Waals surface area contributed by atoms with E-state index in [0.717, 1.165) is 31.7 Å². The van der Waals surface area contributed by atoms with Crippen LogP contribution in [-0.2, 0) is 6.54 Å². The molecule has 0 bridgehead atoms. The third-order valence-corrected chi connectivity index (χ3v) is 5.22. The van der Waals surface area contributed by atoms with Crippen LogP contribution < -0.4 is 4.90 Å². The Balaban J connectivity index is 1.64. The summed E-state index contributed by atoms with van der Waals surface area (Å²) < 4.78 is 0. The van der Waals surface area contributed by atoms with E-state index < -0.39 is 4.92 Å². The normalized spacial score (nSPS) is 15.4. The van der Waals surface area contributed by atoms with Gasteiger partial charge in [0.15, 0.2) is 0 Å². The molecule has 2 aromatic carbocycles. The lowest BCUT2D eigenvalue weighted by Crippen LogP contribution is -2.46. The van der Waals surface area contributed by atoms with Crippen LogP contribution in [0.4, 0.5) is 11.4 Å². The maximum Gasteiger partial charge on any atom is 0.288 e. The summed E-state index contributed by atoms with van der Waals surface area (Å²) in [5.74, 6) is 0. The third kappa shape index (κ3) is 3.94. The van der Waals surface area contributed by atoms with Crippen molar-refractivity contribution in [2.45, 2.75) is 20.4 Å². The van der Waals surface area contributed by atoms with Gasteiger partial charge in [0.05, 0.1) is 4.92 Å². The number of anilines is 1. The summed E-state index contributed by atoms with van der Waals surface area (Å²) in [4.78, 5) is 15.3. The van der Waals surface area contributed by atoms with Crippen molar-refractivity contribution < 1.29 is 4.92 Å². The highest BCUT2D eigenvalue weighted by Crippen LogP contribution is 2.27. The molecule has 132 valence electrons. The van der Waals surface area contributed by atoms with Gasteiger partial charge in [0.25, 0.3) is 5.69 Å². The maximum absolute atomic E-state index is 11.0. The SMILES string of the molecule is Cc1cccc(N2CCN(Cc3ccc(Cl)c([N+](=O)[O-])c3)CC2)c1C. The molecule has 1 aliphatic heterocycles. The topological polar surface area (TPSA) is 49.6 Å². The summed E-state index contributed by atoms with van der Waals surface area (Å²) in [6.45, 7) is 8.80. The zero-order valence-electron chi connectivity index (χ0n) is 14.5. The molecule has 6 heteroatoms. The van der Waals surface area contributed by atoms with Crippen LogP contribution in [0.5, 0.6) is 0 Å². The number of halogens is 1. The minimum atomic E-state index is -0.426. The quantitative estimate of drug-likeness (QED) is 0.606. The summed E-state index contributed by atoms with van der Waals surface area (Å²) in [6, 6.07) is 11.5. The van der Waals surface area contributed by atoms with E-state index in [4.69, 9.17) is 11.6 Å². The van der Waals surface area contributed by atoms with Crippen LogP contribution >= 0.6 is 11.6 Å². The van der Waals surface area contributed by atoms with Crippen LogP contribution in [0.1, 0.15) is 16.7 Å². The first-order valence-electron chi connectivity index (χ1n) is 8.42. The van der Waals surface area contributed by atoms with Crippen LogP contribution in [0.2, 0.25) is 5.02 Å². The zero-order valence-corrected chi connectivity index (χ0v) is 15.3. The van der Waals surface area contributed by atoms with Gasteiger partial charge in [-0.2, -0.15) is 0 Å². The molecule has 1 saturated heterocycles. The second-order valence-electron chi connectivity index (χ2n) is 6.53. The summed E-state index contributed by atoms with van der Waals surface area (Å²) >= 11 is 5.89. The number of rotatable bonds is 4. The van der Waals surface area contributed by atoms with Crippen molar-refractivity contribution in [3.8, 4) is 0 Å². The molecule has 0 spiro atoms. The van der Waals surface area contributed by atoms with E-state index in [1.807, 2.05) is 6.07 Å². The summed E-state index contributed by atoms with van der Waals surface area (Å²) in [6.07, 6.45) is 0. The van der Waals surface area contributed by atoms with Crippen molar-refractivity contribution in [1.29, 1.82) is 0 Å². The number of hydrogen-bond acceptors (Lipinski definition) is 4. The van der Waals surface area contributed by atoms with Crippen LogP contribution in [0.25, 0.3) is 0 Å². The van der Waals surface area contributed by atoms with Crippen LogP contribution in [0.15, 0.2) is 36.4 Å². The predicted octanol–water partition coefficient (Wildman–Crippen LogP) is 4.19. The molecule has 0 saturated carbocycles. The Morgan fingerprint density at radius 3 is 2.52 bits per heavy atom. The van der Waals surface area contributed by atoms with Crippen LogP contribution in [-0.4, -0.2) is 36.0 Å². The van der Waals surface area contributed by atoms with E-state index in [-0.39, 0.29) is 10.7 Å². The number of hydrogen-bond donors (Lipinski definition) is 0. The van der Waals surface area contributed by atoms with Crippen molar-refractivity contribution in [3.05, 3.63) is 68.2 Å². The van der Waals surface area contributed by atoms with Crippen molar-refractivity contribution in [3.63, 3.8) is 0 Å². The Labute approximate surface area is 153 Å². The van der Waals surface area contributed by atoms with Crippen molar-refractivity contribution in [2.24, 2.45) is 0 Å². The smallest absolute Gasteiger partial charge is 0.288 e. The Morgan fingerprint density at radius 2 is 1.84 bits per heavy atom. The number of nitro groups is 1. The highest BCUT2D eigenvalue weighted by Gasteiger charge is 2.20. The lowest BCUT2D eigenvalue weighted by molar-refractivity contribution is -0.384. The van der Waals surface area contributed by atoms with Gasteiger partial charge in [0.2, 0.25) is 0 Å². The molecule has 1 heterocycles. The first kappa shape index (κ1) is 17.7. The number of aryl methyl sites for hydroxylation is 1. The number of nitro benzene ring substituents is 1. The minimum Gasteiger partial charge on any atom is -0.369 e. The molecule has 1 aliphatic rings. The molecule has 3 rings (SSSR count). The fraction of sp³-hybridized carbons (Fsp3) is 0.368. The predicted molar refractivity (Wildman–Crippen MR) is 102 cm³/mol. The first-order valence-corrected chi connectivity index (χ1v) is 8.80. The van der Waals surface area contributed by atoms with Crippen molar-refractivity contribution in [1.82, 2.24) is 4.90 Å². The zero-order chi connectivity index (χ0) is 18.0. The molecule has 0 atom stereocenters. The first-order chi connectivity index (χ1) is 12.0. The second kappa shape index (κ2) is 7.42. The number of benzene rings is 2. The van der Waals surface area contributed by atoms with Gasteiger partial charge >= 0.3 is 0 Å². The van der Waals surface area contributed by atoms with Crippen molar-refractivity contribution in [2.75, 3.05) is 31.1 Å². The van der Waals surface area contributed by atoms with Gasteiger partial charge in [-0.15, -0.1) is 0 Å². The van der Waals surface area contributed by atoms with E-state index in [1.165, 1.54) is 16.8 Å². The van der Waals surface area contributed by atoms with Crippen LogP contribution in [0, 0.1) is 24.0 Å². The molecular formula is C19H22ClN3O2. The van der Waals surface area contributed by atoms with Gasteiger partial charge in [0, 0.05) is 44.5 Å². The molecule has 2 aromatic rings. The monoisotopic (exact) mass is 359 g/mol. The minimum absolute atomic E-state index is 0.0202. The molecule has 25 heavy (non-hydrogen) atoms. The lowest BCUT2D eigenvalue weighted by Gasteiger charge is -2.37. The Morgan fingerprint density at radius 1 is 1.12 bits per heavy atom.